The summed E-state index contributed by atoms with van der Waals surface area (Å²) in [4.78, 5) is 34.4. The standard InChI is InChI=1S/C30H32N4O6S/c1-30(2,3)40-29(36)31-12-15-41(37,38)24-8-4-20(5-9-24)28(35)34-13-14-39-27-11-7-21(16-23(27)18-34)22-6-10-25-26(17-22)33-19-32-25/h4-11,16-17,19H,12-15,18H2,1-3H3,(H,31,36)(H,32,33). The lowest BCUT2D eigenvalue weighted by Gasteiger charge is -2.20. The van der Waals surface area contributed by atoms with Crippen molar-refractivity contribution in [2.45, 2.75) is 37.8 Å². The number of amides is 2. The van der Waals surface area contributed by atoms with E-state index in [2.05, 4.69) is 15.3 Å². The normalized spacial score (nSPS) is 13.7. The number of fused-ring (bicyclic) bond motifs is 2. The zero-order chi connectivity index (χ0) is 29.2. The van der Waals surface area contributed by atoms with Crippen LogP contribution in [0.15, 0.2) is 71.9 Å². The van der Waals surface area contributed by atoms with Crippen LogP contribution in [-0.4, -0.2) is 66.3 Å². The second-order valence-corrected chi connectivity index (χ2v) is 12.9. The number of benzene rings is 3. The molecule has 0 radical (unpaired) electrons. The lowest BCUT2D eigenvalue weighted by molar-refractivity contribution is 0.0531. The number of hydrogen-bond donors (Lipinski definition) is 2. The van der Waals surface area contributed by atoms with Crippen molar-refractivity contribution in [2.75, 3.05) is 25.4 Å². The zero-order valence-corrected chi connectivity index (χ0v) is 24.0. The van der Waals surface area contributed by atoms with Crippen molar-refractivity contribution in [3.05, 3.63) is 78.1 Å². The van der Waals surface area contributed by atoms with E-state index < -0.39 is 21.5 Å². The molecule has 0 atom stereocenters. The first-order chi connectivity index (χ1) is 19.5. The largest absolute Gasteiger partial charge is 0.491 e. The van der Waals surface area contributed by atoms with E-state index in [0.29, 0.717) is 25.3 Å². The minimum atomic E-state index is -3.68. The van der Waals surface area contributed by atoms with Crippen molar-refractivity contribution >= 4 is 32.9 Å². The molecule has 0 aliphatic carbocycles. The molecule has 0 unspecified atom stereocenters. The molecule has 4 aromatic rings. The lowest BCUT2D eigenvalue weighted by atomic mass is 10.0. The molecule has 11 heteroatoms. The second kappa shape index (κ2) is 11.2. The average Bonchev–Trinajstić information content (AvgIpc) is 3.29. The lowest BCUT2D eigenvalue weighted by Crippen LogP contribution is -2.35. The van der Waals surface area contributed by atoms with E-state index >= 15 is 0 Å². The Kier molecular flexibility index (Phi) is 7.72. The van der Waals surface area contributed by atoms with Gasteiger partial charge in [-0.2, -0.15) is 0 Å². The zero-order valence-electron chi connectivity index (χ0n) is 23.1. The van der Waals surface area contributed by atoms with Gasteiger partial charge in [0.2, 0.25) is 0 Å². The predicted octanol–water partition coefficient (Wildman–Crippen LogP) is 4.56. The SMILES string of the molecule is CC(C)(C)OC(=O)NCCS(=O)(=O)c1ccc(C(=O)N2CCOc3ccc(-c4ccc5nc[nH]c5c4)cc3C2)cc1. The molecule has 41 heavy (non-hydrogen) atoms. The van der Waals surface area contributed by atoms with Gasteiger partial charge >= 0.3 is 6.09 Å². The van der Waals surface area contributed by atoms with Gasteiger partial charge in [-0.1, -0.05) is 12.1 Å². The molecule has 3 aromatic carbocycles. The summed E-state index contributed by atoms with van der Waals surface area (Å²) in [6.45, 7) is 6.17. The van der Waals surface area contributed by atoms with E-state index in [-0.39, 0.29) is 23.1 Å². The third-order valence-corrected chi connectivity index (χ3v) is 8.31. The molecule has 0 spiro atoms. The number of ether oxygens (including phenoxy) is 2. The number of rotatable bonds is 6. The first-order valence-electron chi connectivity index (χ1n) is 13.3. The maximum absolute atomic E-state index is 13.4. The highest BCUT2D eigenvalue weighted by Gasteiger charge is 2.23. The number of nitrogens with zero attached hydrogens (tertiary/aromatic N) is 2. The Morgan fingerprint density at radius 3 is 2.54 bits per heavy atom. The minimum Gasteiger partial charge on any atom is -0.491 e. The summed E-state index contributed by atoms with van der Waals surface area (Å²) in [5.74, 6) is 0.212. The maximum Gasteiger partial charge on any atom is 0.407 e. The molecule has 1 aliphatic rings. The number of sulfone groups is 1. The molecule has 1 aliphatic heterocycles. The van der Waals surface area contributed by atoms with Crippen LogP contribution in [0.2, 0.25) is 0 Å². The highest BCUT2D eigenvalue weighted by atomic mass is 32.2. The Bertz CT molecular complexity index is 1690. The van der Waals surface area contributed by atoms with Gasteiger partial charge in [0.15, 0.2) is 9.84 Å². The molecule has 1 aromatic heterocycles. The van der Waals surface area contributed by atoms with Crippen LogP contribution in [0.3, 0.4) is 0 Å². The number of carbonyl (C=O) groups excluding carboxylic acids is 2. The number of nitrogens with one attached hydrogen (secondary N) is 2. The molecule has 2 amide bonds. The molecule has 214 valence electrons. The first-order valence-corrected chi connectivity index (χ1v) is 14.9. The van der Waals surface area contributed by atoms with Crippen LogP contribution in [0.25, 0.3) is 22.2 Å². The number of carbonyl (C=O) groups is 2. The van der Waals surface area contributed by atoms with Gasteiger partial charge in [0.1, 0.15) is 18.0 Å². The number of aromatic nitrogens is 2. The molecule has 5 rings (SSSR count). The highest BCUT2D eigenvalue weighted by Crippen LogP contribution is 2.31. The summed E-state index contributed by atoms with van der Waals surface area (Å²) in [7, 11) is -3.68. The Hall–Kier alpha value is -4.38. The van der Waals surface area contributed by atoms with Crippen molar-refractivity contribution in [1.29, 1.82) is 0 Å². The Morgan fingerprint density at radius 1 is 1.05 bits per heavy atom. The molecule has 0 saturated heterocycles. The molecule has 2 N–H and O–H groups in total. The van der Waals surface area contributed by atoms with Crippen LogP contribution in [0, 0.1) is 0 Å². The molecule has 0 saturated carbocycles. The third kappa shape index (κ3) is 6.68. The van der Waals surface area contributed by atoms with Crippen LogP contribution in [0.5, 0.6) is 5.75 Å². The fraction of sp³-hybridized carbons (Fsp3) is 0.300. The van der Waals surface area contributed by atoms with E-state index in [1.54, 1.807) is 32.0 Å². The smallest absolute Gasteiger partial charge is 0.407 e. The van der Waals surface area contributed by atoms with Gasteiger partial charge in [0, 0.05) is 24.2 Å². The van der Waals surface area contributed by atoms with E-state index in [9.17, 15) is 18.0 Å². The number of aromatic amines is 1. The Morgan fingerprint density at radius 2 is 1.78 bits per heavy atom. The summed E-state index contributed by atoms with van der Waals surface area (Å²) in [6, 6.07) is 17.8. The van der Waals surface area contributed by atoms with Gasteiger partial charge in [0.05, 0.1) is 34.6 Å². The monoisotopic (exact) mass is 576 g/mol. The molecule has 10 nitrogen and oxygen atoms in total. The fourth-order valence-electron chi connectivity index (χ4n) is 4.57. The summed E-state index contributed by atoms with van der Waals surface area (Å²) in [6.07, 6.45) is 0.983. The molecular formula is C30H32N4O6S. The summed E-state index contributed by atoms with van der Waals surface area (Å²) in [5.41, 5.74) is 4.42. The average molecular weight is 577 g/mol. The summed E-state index contributed by atoms with van der Waals surface area (Å²) >= 11 is 0. The van der Waals surface area contributed by atoms with Crippen LogP contribution in [0.1, 0.15) is 36.7 Å². The van der Waals surface area contributed by atoms with Gasteiger partial charge in [-0.05, 0) is 80.4 Å². The van der Waals surface area contributed by atoms with Gasteiger partial charge in [0.25, 0.3) is 5.91 Å². The number of H-pyrrole nitrogens is 1. The highest BCUT2D eigenvalue weighted by molar-refractivity contribution is 7.91. The summed E-state index contributed by atoms with van der Waals surface area (Å²) in [5, 5.41) is 2.46. The van der Waals surface area contributed by atoms with Gasteiger partial charge in [-0.3, -0.25) is 4.79 Å². The van der Waals surface area contributed by atoms with E-state index in [1.165, 1.54) is 24.3 Å². The maximum atomic E-state index is 13.4. The van der Waals surface area contributed by atoms with E-state index in [1.807, 2.05) is 36.4 Å². The van der Waals surface area contributed by atoms with E-state index in [0.717, 1.165) is 33.5 Å². The van der Waals surface area contributed by atoms with Gasteiger partial charge in [-0.15, -0.1) is 0 Å². The van der Waals surface area contributed by atoms with Crippen molar-refractivity contribution in [2.24, 2.45) is 0 Å². The molecule has 0 bridgehead atoms. The van der Waals surface area contributed by atoms with Crippen LogP contribution < -0.4 is 10.1 Å². The number of alkyl carbamates (subject to hydrolysis) is 1. The van der Waals surface area contributed by atoms with Gasteiger partial charge in [-0.25, -0.2) is 18.2 Å². The van der Waals surface area contributed by atoms with Crippen molar-refractivity contribution in [1.82, 2.24) is 20.2 Å². The third-order valence-electron chi connectivity index (χ3n) is 6.58. The molecule has 0 fully saturated rings. The van der Waals surface area contributed by atoms with Crippen LogP contribution in [-0.2, 0) is 21.1 Å². The first kappa shape index (κ1) is 28.2. The molecule has 2 heterocycles. The second-order valence-electron chi connectivity index (χ2n) is 10.8. The number of imidazole rings is 1. The number of hydrogen-bond acceptors (Lipinski definition) is 7. The topological polar surface area (TPSA) is 131 Å². The fourth-order valence-corrected chi connectivity index (χ4v) is 5.73. The van der Waals surface area contributed by atoms with Crippen LogP contribution >= 0.6 is 0 Å². The Labute approximate surface area is 238 Å². The molecular weight excluding hydrogens is 544 g/mol. The van der Waals surface area contributed by atoms with Crippen molar-refractivity contribution < 1.29 is 27.5 Å². The van der Waals surface area contributed by atoms with Crippen LogP contribution in [0.4, 0.5) is 4.79 Å². The van der Waals surface area contributed by atoms with Crippen molar-refractivity contribution in [3.63, 3.8) is 0 Å². The quantitative estimate of drug-likeness (QED) is 0.344. The van der Waals surface area contributed by atoms with Gasteiger partial charge < -0.3 is 24.7 Å². The minimum absolute atomic E-state index is 0.0727. The Balaban J connectivity index is 1.26. The summed E-state index contributed by atoms with van der Waals surface area (Å²) < 4.78 is 36.6. The van der Waals surface area contributed by atoms with Crippen molar-refractivity contribution in [3.8, 4) is 16.9 Å². The van der Waals surface area contributed by atoms with E-state index in [4.69, 9.17) is 9.47 Å². The predicted molar refractivity (Wildman–Crippen MR) is 154 cm³/mol.